The summed E-state index contributed by atoms with van der Waals surface area (Å²) in [6, 6.07) is 10.8. The Morgan fingerprint density at radius 2 is 1.84 bits per heavy atom. The van der Waals surface area contributed by atoms with Gasteiger partial charge in [-0.25, -0.2) is 8.78 Å². The lowest BCUT2D eigenvalue weighted by atomic mass is 9.88. The fourth-order valence-electron chi connectivity index (χ4n) is 4.01. The summed E-state index contributed by atoms with van der Waals surface area (Å²) in [5.74, 6) is -1.41. The van der Waals surface area contributed by atoms with E-state index in [-0.39, 0.29) is 11.9 Å². The molecule has 1 aliphatic rings. The number of hydrogen-bond donors (Lipinski definition) is 1. The number of fused-ring (bicyclic) bond motifs is 3. The zero-order valence-electron chi connectivity index (χ0n) is 14.0. The van der Waals surface area contributed by atoms with Crippen molar-refractivity contribution >= 4 is 16.8 Å². The smallest absolute Gasteiger partial charge is 0.220 e. The largest absolute Gasteiger partial charge is 0.356 e. The van der Waals surface area contributed by atoms with E-state index in [4.69, 9.17) is 0 Å². The number of carbonyl (C=O) groups is 1. The van der Waals surface area contributed by atoms with Crippen LogP contribution < -0.4 is 0 Å². The summed E-state index contributed by atoms with van der Waals surface area (Å²) < 4.78 is 27.7. The van der Waals surface area contributed by atoms with E-state index in [1.165, 1.54) is 19.1 Å². The Kier molecular flexibility index (Phi) is 3.60. The molecule has 0 bridgehead atoms. The molecule has 4 rings (SSSR count). The predicted octanol–water partition coefficient (Wildman–Crippen LogP) is 4.33. The highest BCUT2D eigenvalue weighted by Gasteiger charge is 2.37. The first-order valence-corrected chi connectivity index (χ1v) is 8.30. The monoisotopic (exact) mass is 340 g/mol. The Labute approximate surface area is 144 Å². The number of carbonyl (C=O) groups excluding carboxylic acids is 1. The van der Waals surface area contributed by atoms with Gasteiger partial charge in [0, 0.05) is 35.6 Å². The minimum absolute atomic E-state index is 0.0689. The fraction of sp³-hybridized carbons (Fsp3) is 0.250. The van der Waals surface area contributed by atoms with Crippen molar-refractivity contribution in [1.29, 1.82) is 0 Å². The number of aromatic nitrogens is 1. The minimum Gasteiger partial charge on any atom is -0.356 e. The van der Waals surface area contributed by atoms with Gasteiger partial charge in [-0.3, -0.25) is 4.79 Å². The molecule has 0 spiro atoms. The van der Waals surface area contributed by atoms with Gasteiger partial charge in [0.05, 0.1) is 6.04 Å². The number of rotatable bonds is 1. The van der Waals surface area contributed by atoms with Gasteiger partial charge < -0.3 is 9.88 Å². The van der Waals surface area contributed by atoms with E-state index in [0.29, 0.717) is 12.0 Å². The number of H-pyrrole nitrogens is 1. The number of nitrogens with zero attached hydrogens (tertiary/aromatic N) is 1. The van der Waals surface area contributed by atoms with Crippen molar-refractivity contribution in [2.24, 2.45) is 0 Å². The number of amides is 1. The van der Waals surface area contributed by atoms with E-state index in [1.807, 2.05) is 31.2 Å². The quantitative estimate of drug-likeness (QED) is 0.703. The Bertz CT molecular complexity index is 959. The molecule has 0 saturated carbocycles. The third kappa shape index (κ3) is 2.51. The van der Waals surface area contributed by atoms with Gasteiger partial charge in [-0.05, 0) is 42.7 Å². The highest BCUT2D eigenvalue weighted by atomic mass is 19.1. The Morgan fingerprint density at radius 1 is 1.16 bits per heavy atom. The lowest BCUT2D eigenvalue weighted by Crippen LogP contribution is -2.45. The zero-order valence-corrected chi connectivity index (χ0v) is 14.0. The molecule has 3 aromatic rings. The van der Waals surface area contributed by atoms with Crippen LogP contribution >= 0.6 is 0 Å². The average Bonchev–Trinajstić information content (AvgIpc) is 2.90. The maximum absolute atomic E-state index is 13.8. The molecule has 1 N–H and O–H groups in total. The minimum atomic E-state index is -0.644. The second-order valence-electron chi connectivity index (χ2n) is 6.65. The normalized spacial score (nSPS) is 19.9. The van der Waals surface area contributed by atoms with Gasteiger partial charge in [-0.1, -0.05) is 18.2 Å². The highest BCUT2D eigenvalue weighted by Crippen LogP contribution is 2.41. The summed E-state index contributed by atoms with van der Waals surface area (Å²) in [4.78, 5) is 17.4. The SMILES string of the molecule is CC(=O)N1[C@@H](c2cc(F)cc(F)c2)c2[nH]c3ccccc3c2C[C@@H]1C. The van der Waals surface area contributed by atoms with E-state index in [9.17, 15) is 13.6 Å². The van der Waals surface area contributed by atoms with Crippen LogP contribution in [-0.2, 0) is 11.2 Å². The molecule has 1 aromatic heterocycles. The molecular weight excluding hydrogens is 322 g/mol. The fourth-order valence-corrected chi connectivity index (χ4v) is 4.01. The number of halogens is 2. The maximum Gasteiger partial charge on any atom is 0.220 e. The second-order valence-corrected chi connectivity index (χ2v) is 6.65. The van der Waals surface area contributed by atoms with Crippen molar-refractivity contribution in [3.05, 3.63) is 70.9 Å². The van der Waals surface area contributed by atoms with Crippen molar-refractivity contribution in [1.82, 2.24) is 9.88 Å². The van der Waals surface area contributed by atoms with Crippen molar-refractivity contribution in [2.45, 2.75) is 32.4 Å². The molecular formula is C20H18F2N2O. The molecule has 0 saturated heterocycles. The van der Waals surface area contributed by atoms with Crippen LogP contribution in [0.2, 0.25) is 0 Å². The molecule has 1 aliphatic heterocycles. The van der Waals surface area contributed by atoms with Crippen LogP contribution in [0.1, 0.15) is 36.7 Å². The molecule has 1 amide bonds. The molecule has 2 heterocycles. The van der Waals surface area contributed by atoms with E-state index in [1.54, 1.807) is 4.90 Å². The number of nitrogens with one attached hydrogen (secondary N) is 1. The first-order valence-electron chi connectivity index (χ1n) is 8.30. The highest BCUT2D eigenvalue weighted by molar-refractivity contribution is 5.86. The van der Waals surface area contributed by atoms with Crippen LogP contribution in [0.5, 0.6) is 0 Å². The van der Waals surface area contributed by atoms with Crippen LogP contribution in [-0.4, -0.2) is 21.8 Å². The Morgan fingerprint density at radius 3 is 2.52 bits per heavy atom. The predicted molar refractivity (Wildman–Crippen MR) is 92.2 cm³/mol. The molecule has 2 aromatic carbocycles. The molecule has 2 atom stereocenters. The van der Waals surface area contributed by atoms with E-state index in [2.05, 4.69) is 4.98 Å². The van der Waals surface area contributed by atoms with Crippen LogP contribution in [0, 0.1) is 11.6 Å². The maximum atomic E-state index is 13.8. The van der Waals surface area contributed by atoms with E-state index >= 15 is 0 Å². The van der Waals surface area contributed by atoms with Crippen molar-refractivity contribution in [3.63, 3.8) is 0 Å². The topological polar surface area (TPSA) is 36.1 Å². The standard InChI is InChI=1S/C20H18F2N2O/c1-11-7-17-16-5-3-4-6-18(16)23-19(17)20(24(11)12(2)25)13-8-14(21)10-15(22)9-13/h3-6,8-11,20,23H,7H2,1-2H3/t11-,20-/m0/s1. The number of para-hydroxylation sites is 1. The molecule has 0 unspecified atom stereocenters. The van der Waals surface area contributed by atoms with Crippen molar-refractivity contribution in [3.8, 4) is 0 Å². The van der Waals surface area contributed by atoms with Crippen LogP contribution in [0.4, 0.5) is 8.78 Å². The van der Waals surface area contributed by atoms with E-state index < -0.39 is 17.7 Å². The number of aromatic amines is 1. The van der Waals surface area contributed by atoms with Gasteiger partial charge in [0.1, 0.15) is 11.6 Å². The molecule has 5 heteroatoms. The summed E-state index contributed by atoms with van der Waals surface area (Å²) >= 11 is 0. The number of hydrogen-bond acceptors (Lipinski definition) is 1. The summed E-state index contributed by atoms with van der Waals surface area (Å²) in [5.41, 5.74) is 3.34. The molecule has 128 valence electrons. The molecule has 0 aliphatic carbocycles. The zero-order chi connectivity index (χ0) is 17.7. The first kappa shape index (κ1) is 15.8. The van der Waals surface area contributed by atoms with Crippen molar-refractivity contribution < 1.29 is 13.6 Å². The molecule has 0 radical (unpaired) electrons. The lowest BCUT2D eigenvalue weighted by Gasteiger charge is -2.40. The third-order valence-electron chi connectivity index (χ3n) is 4.94. The lowest BCUT2D eigenvalue weighted by molar-refractivity contribution is -0.133. The Balaban J connectivity index is 1.99. The van der Waals surface area contributed by atoms with Gasteiger partial charge in [-0.2, -0.15) is 0 Å². The van der Waals surface area contributed by atoms with Gasteiger partial charge in [0.15, 0.2) is 0 Å². The van der Waals surface area contributed by atoms with Gasteiger partial charge in [0.25, 0.3) is 0 Å². The third-order valence-corrected chi connectivity index (χ3v) is 4.94. The summed E-state index contributed by atoms with van der Waals surface area (Å²) in [6.45, 7) is 3.46. The molecule has 0 fully saturated rings. The van der Waals surface area contributed by atoms with Gasteiger partial charge in [-0.15, -0.1) is 0 Å². The van der Waals surface area contributed by atoms with E-state index in [0.717, 1.165) is 28.2 Å². The first-order chi connectivity index (χ1) is 12.0. The van der Waals surface area contributed by atoms with Gasteiger partial charge in [0.2, 0.25) is 5.91 Å². The summed E-state index contributed by atoms with van der Waals surface area (Å²) in [5, 5.41) is 1.09. The van der Waals surface area contributed by atoms with Crippen LogP contribution in [0.3, 0.4) is 0 Å². The summed E-state index contributed by atoms with van der Waals surface area (Å²) in [7, 11) is 0. The molecule has 25 heavy (non-hydrogen) atoms. The summed E-state index contributed by atoms with van der Waals surface area (Å²) in [6.07, 6.45) is 0.702. The van der Waals surface area contributed by atoms with Crippen molar-refractivity contribution in [2.75, 3.05) is 0 Å². The molecule has 3 nitrogen and oxygen atoms in total. The Hall–Kier alpha value is -2.69. The second kappa shape index (κ2) is 5.69. The van der Waals surface area contributed by atoms with Crippen LogP contribution in [0.25, 0.3) is 10.9 Å². The number of benzene rings is 2. The average molecular weight is 340 g/mol. The van der Waals surface area contributed by atoms with Gasteiger partial charge >= 0.3 is 0 Å². The van der Waals surface area contributed by atoms with Crippen LogP contribution in [0.15, 0.2) is 42.5 Å².